The van der Waals surface area contributed by atoms with E-state index in [0.717, 1.165) is 16.2 Å². The molecule has 2 aliphatic rings. The van der Waals surface area contributed by atoms with Crippen molar-refractivity contribution < 1.29 is 34.9 Å². The number of nitrogens with zero attached hydrogens (tertiary/aromatic N) is 1. The molecule has 7 heteroatoms. The maximum absolute atomic E-state index is 12.5. The summed E-state index contributed by atoms with van der Waals surface area (Å²) in [6, 6.07) is 16.2. The number of hydroxylamine groups is 2. The van der Waals surface area contributed by atoms with E-state index < -0.39 is 16.0 Å². The van der Waals surface area contributed by atoms with Gasteiger partial charge in [0.15, 0.2) is 0 Å². The molecule has 32 heavy (non-hydrogen) atoms. The number of aryl methyl sites for hydroxylation is 1. The van der Waals surface area contributed by atoms with Gasteiger partial charge in [-0.3, -0.25) is 0 Å². The quantitative estimate of drug-likeness (QED) is 0.470. The minimum atomic E-state index is -4.13. The second kappa shape index (κ2) is 11.6. The van der Waals surface area contributed by atoms with Crippen LogP contribution in [0.3, 0.4) is 0 Å². The molecule has 0 amide bonds. The molecule has 5 nitrogen and oxygen atoms in total. The van der Waals surface area contributed by atoms with Crippen LogP contribution in [0.2, 0.25) is 0 Å². The predicted molar refractivity (Wildman–Crippen MR) is 120 cm³/mol. The Morgan fingerprint density at radius 3 is 2.16 bits per heavy atom. The molecular weight excluding hydrogens is 466 g/mol. The third kappa shape index (κ3) is 7.04. The van der Waals surface area contributed by atoms with Crippen LogP contribution in [-0.4, -0.2) is 13.5 Å². The van der Waals surface area contributed by atoms with E-state index in [1.54, 1.807) is 37.3 Å². The first-order valence-electron chi connectivity index (χ1n) is 9.67. The zero-order valence-electron chi connectivity index (χ0n) is 17.7. The summed E-state index contributed by atoms with van der Waals surface area (Å²) in [5.74, 6) is -0.553. The Bertz CT molecular complexity index is 1150. The molecule has 0 spiro atoms. The van der Waals surface area contributed by atoms with Crippen LogP contribution >= 0.6 is 0 Å². The van der Waals surface area contributed by atoms with Crippen molar-refractivity contribution in [2.75, 3.05) is 0 Å². The molecule has 0 atom stereocenters. The normalized spacial score (nSPS) is 16.1. The first-order chi connectivity index (χ1) is 14.8. The number of rotatable bonds is 4. The summed E-state index contributed by atoms with van der Waals surface area (Å²) in [4.78, 5) is -0.0125. The van der Waals surface area contributed by atoms with Crippen LogP contribution in [-0.2, 0) is 31.5 Å². The summed E-state index contributed by atoms with van der Waals surface area (Å²) >= 11 is 0. The van der Waals surface area contributed by atoms with Crippen molar-refractivity contribution in [3.05, 3.63) is 131 Å². The molecule has 0 N–H and O–H groups in total. The number of benzene rings is 1. The van der Waals surface area contributed by atoms with Gasteiger partial charge >= 0.3 is 27.2 Å². The Morgan fingerprint density at radius 1 is 0.969 bits per heavy atom. The van der Waals surface area contributed by atoms with Crippen molar-refractivity contribution in [1.29, 1.82) is 0 Å². The van der Waals surface area contributed by atoms with Gasteiger partial charge in [-0.25, -0.2) is 17.2 Å². The minimum Gasteiger partial charge on any atom is -0.858 e. The molecule has 166 valence electrons. The van der Waals surface area contributed by atoms with Crippen LogP contribution in [0.1, 0.15) is 12.5 Å². The Morgan fingerprint density at radius 2 is 1.59 bits per heavy atom. The van der Waals surface area contributed by atoms with Crippen LogP contribution in [0.25, 0.3) is 0 Å². The van der Waals surface area contributed by atoms with E-state index in [1.165, 1.54) is 18.2 Å². The molecular formula is C25H23FeNO4S. The summed E-state index contributed by atoms with van der Waals surface area (Å²) in [5, 5.41) is 13.1. The molecule has 2 aromatic carbocycles. The van der Waals surface area contributed by atoms with Gasteiger partial charge in [-0.1, -0.05) is 48.1 Å². The summed E-state index contributed by atoms with van der Waals surface area (Å²) < 4.78 is 30.2. The van der Waals surface area contributed by atoms with E-state index in [0.29, 0.717) is 11.3 Å². The summed E-state index contributed by atoms with van der Waals surface area (Å²) in [6.45, 7) is 3.62. The molecule has 0 fully saturated rings. The largest absolute Gasteiger partial charge is 2.00 e. The van der Waals surface area contributed by atoms with Gasteiger partial charge in [-0.05, 0) is 61.2 Å². The van der Waals surface area contributed by atoms with Gasteiger partial charge in [0.25, 0.3) is 0 Å². The molecule has 4 rings (SSSR count). The van der Waals surface area contributed by atoms with Gasteiger partial charge in [0.1, 0.15) is 0 Å². The fraction of sp³-hybridized carbons (Fsp3) is 0.0800. The van der Waals surface area contributed by atoms with Crippen LogP contribution in [0.5, 0.6) is 0 Å². The molecule has 0 bridgehead atoms. The van der Waals surface area contributed by atoms with Crippen LogP contribution in [0, 0.1) is 6.92 Å². The van der Waals surface area contributed by atoms with Crippen molar-refractivity contribution in [3.8, 4) is 0 Å². The van der Waals surface area contributed by atoms with E-state index in [2.05, 4.69) is 0 Å². The standard InChI is InChI=1S/C20H19NO4S.C5H5.Fe/c1-15-7-11-19(12-8-15)26(23,24)25-21-18(13-16(2)14-20(21)22)10-9-17-5-3-4-6-17;1-2-4-5-3-1;/h3-14,22H,1-2H3;1-5H;/q;-1;+2/p-1. The van der Waals surface area contributed by atoms with Gasteiger partial charge < -0.3 is 5.11 Å². The van der Waals surface area contributed by atoms with Crippen molar-refractivity contribution in [2.24, 2.45) is 0 Å². The van der Waals surface area contributed by atoms with Crippen molar-refractivity contribution >= 4 is 10.1 Å². The van der Waals surface area contributed by atoms with E-state index in [-0.39, 0.29) is 22.0 Å². The van der Waals surface area contributed by atoms with Crippen LogP contribution in [0.4, 0.5) is 0 Å². The van der Waals surface area contributed by atoms with Crippen LogP contribution in [0.15, 0.2) is 131 Å². The summed E-state index contributed by atoms with van der Waals surface area (Å²) in [6.07, 6.45) is 14.0. The maximum atomic E-state index is 12.5. The number of allylic oxidation sites excluding steroid dienone is 10. The number of hydrogen-bond acceptors (Lipinski definition) is 5. The average molecular weight is 489 g/mol. The number of hydrogen-bond donors (Lipinski definition) is 0. The molecule has 1 heterocycles. The zero-order chi connectivity index (χ0) is 22.3. The Hall–Kier alpha value is -2.96. The second-order valence-electron chi connectivity index (χ2n) is 6.95. The Balaban J connectivity index is 0.000000534. The molecule has 0 saturated carbocycles. The monoisotopic (exact) mass is 489 g/mol. The molecule has 2 aromatic rings. The topological polar surface area (TPSA) is 69.7 Å². The van der Waals surface area contributed by atoms with Crippen molar-refractivity contribution in [3.63, 3.8) is 0 Å². The third-order valence-corrected chi connectivity index (χ3v) is 5.53. The fourth-order valence-corrected chi connectivity index (χ4v) is 3.67. The molecule has 0 radical (unpaired) electrons. The van der Waals surface area contributed by atoms with Gasteiger partial charge in [0.2, 0.25) is 0 Å². The van der Waals surface area contributed by atoms with Gasteiger partial charge in [0, 0.05) is 0 Å². The SMILES string of the molecule is CC1=CC(=CC=C2C=CC=C2)N(OS(=O)(=O)c2ccc(C)cc2)C([O-])=C1.[Fe+2].c1cc[cH-]c1. The summed E-state index contributed by atoms with van der Waals surface area (Å²) in [5.41, 5.74) is 2.92. The molecule has 0 saturated heterocycles. The molecule has 1 aliphatic carbocycles. The van der Waals surface area contributed by atoms with E-state index in [1.807, 2.05) is 61.6 Å². The van der Waals surface area contributed by atoms with Gasteiger partial charge in [-0.2, -0.15) is 26.6 Å². The third-order valence-electron chi connectivity index (χ3n) is 4.33. The molecule has 0 unspecified atom stereocenters. The smallest absolute Gasteiger partial charge is 0.858 e. The van der Waals surface area contributed by atoms with Crippen molar-refractivity contribution in [1.82, 2.24) is 5.06 Å². The molecule has 1 aliphatic heterocycles. The van der Waals surface area contributed by atoms with E-state index >= 15 is 0 Å². The van der Waals surface area contributed by atoms with Gasteiger partial charge in [-0.15, -0.1) is 4.28 Å². The van der Waals surface area contributed by atoms with Crippen LogP contribution < -0.4 is 5.11 Å². The van der Waals surface area contributed by atoms with E-state index in [4.69, 9.17) is 4.28 Å². The summed E-state index contributed by atoms with van der Waals surface area (Å²) in [7, 11) is -4.13. The fourth-order valence-electron chi connectivity index (χ4n) is 2.76. The minimum absolute atomic E-state index is 0. The predicted octanol–water partition coefficient (Wildman–Crippen LogP) is 4.42. The zero-order valence-corrected chi connectivity index (χ0v) is 19.6. The maximum Gasteiger partial charge on any atom is 2.00 e. The van der Waals surface area contributed by atoms with Gasteiger partial charge in [0.05, 0.1) is 10.6 Å². The first kappa shape index (κ1) is 25.3. The van der Waals surface area contributed by atoms with Crippen molar-refractivity contribution in [2.45, 2.75) is 18.7 Å². The average Bonchev–Trinajstić information content (AvgIpc) is 3.46. The Kier molecular flexibility index (Phi) is 9.17. The van der Waals surface area contributed by atoms with E-state index in [9.17, 15) is 13.5 Å². The second-order valence-corrected chi connectivity index (χ2v) is 8.47. The Labute approximate surface area is 199 Å². The first-order valence-corrected chi connectivity index (χ1v) is 11.1. The molecule has 0 aromatic heterocycles.